The average Bonchev–Trinajstić information content (AvgIpc) is 2.84. The van der Waals surface area contributed by atoms with Crippen molar-refractivity contribution in [2.75, 3.05) is 5.32 Å². The van der Waals surface area contributed by atoms with Gasteiger partial charge in [-0.05, 0) is 59.0 Å². The van der Waals surface area contributed by atoms with Crippen molar-refractivity contribution in [3.8, 4) is 6.07 Å². The van der Waals surface area contributed by atoms with Gasteiger partial charge in [-0.2, -0.15) is 5.26 Å². The molecule has 1 aromatic carbocycles. The molecule has 0 bridgehead atoms. The highest BCUT2D eigenvalue weighted by molar-refractivity contribution is 14.1. The summed E-state index contributed by atoms with van der Waals surface area (Å²) in [7, 11) is 0. The monoisotopic (exact) mass is 398 g/mol. The summed E-state index contributed by atoms with van der Waals surface area (Å²) >= 11 is 7.76. The van der Waals surface area contributed by atoms with E-state index in [4.69, 9.17) is 21.3 Å². The highest BCUT2D eigenvalue weighted by Crippen LogP contribution is 2.16. The summed E-state index contributed by atoms with van der Waals surface area (Å²) in [5, 5.41) is 12.2. The van der Waals surface area contributed by atoms with Gasteiger partial charge in [0.05, 0.1) is 0 Å². The zero-order valence-corrected chi connectivity index (χ0v) is 13.0. The van der Waals surface area contributed by atoms with Gasteiger partial charge in [0, 0.05) is 16.8 Å². The standard InChI is InChI=1S/C14H8ClIN2O2/c15-10-1-3-11(4-2-10)18-14(19)9(8-17)7-12-5-6-13(16)20-12/h1-7H,(H,18,19)/b9-7-. The first-order chi connectivity index (χ1) is 9.58. The van der Waals surface area contributed by atoms with Crippen LogP contribution in [0.1, 0.15) is 5.76 Å². The lowest BCUT2D eigenvalue weighted by Gasteiger charge is -2.03. The predicted molar refractivity (Wildman–Crippen MR) is 85.1 cm³/mol. The Kier molecular flexibility index (Phi) is 4.82. The molecule has 0 aliphatic heterocycles. The summed E-state index contributed by atoms with van der Waals surface area (Å²) < 4.78 is 5.98. The average molecular weight is 399 g/mol. The van der Waals surface area contributed by atoms with Crippen LogP contribution in [-0.4, -0.2) is 5.91 Å². The van der Waals surface area contributed by atoms with Crippen molar-refractivity contribution in [2.24, 2.45) is 0 Å². The second kappa shape index (κ2) is 6.59. The summed E-state index contributed by atoms with van der Waals surface area (Å²) in [5.74, 6) is -0.0431. The first-order valence-corrected chi connectivity index (χ1v) is 6.98. The Hall–Kier alpha value is -1.78. The van der Waals surface area contributed by atoms with Crippen LogP contribution in [0.2, 0.25) is 5.02 Å². The van der Waals surface area contributed by atoms with E-state index in [1.807, 2.05) is 28.7 Å². The van der Waals surface area contributed by atoms with Crippen LogP contribution in [0.5, 0.6) is 0 Å². The van der Waals surface area contributed by atoms with Crippen molar-refractivity contribution in [2.45, 2.75) is 0 Å². The van der Waals surface area contributed by atoms with Gasteiger partial charge in [-0.25, -0.2) is 0 Å². The number of benzene rings is 1. The van der Waals surface area contributed by atoms with Gasteiger partial charge in [-0.1, -0.05) is 11.6 Å². The van der Waals surface area contributed by atoms with Crippen LogP contribution in [0.15, 0.2) is 46.4 Å². The van der Waals surface area contributed by atoms with Crippen molar-refractivity contribution in [3.63, 3.8) is 0 Å². The van der Waals surface area contributed by atoms with E-state index in [0.717, 1.165) is 0 Å². The van der Waals surface area contributed by atoms with Crippen LogP contribution < -0.4 is 5.32 Å². The lowest BCUT2D eigenvalue weighted by atomic mass is 10.2. The smallest absolute Gasteiger partial charge is 0.266 e. The Balaban J connectivity index is 2.16. The van der Waals surface area contributed by atoms with Gasteiger partial charge in [0.15, 0.2) is 3.77 Å². The van der Waals surface area contributed by atoms with Crippen LogP contribution >= 0.6 is 34.2 Å². The molecule has 2 aromatic rings. The van der Waals surface area contributed by atoms with E-state index in [9.17, 15) is 4.79 Å². The molecule has 1 N–H and O–H groups in total. The molecule has 2 rings (SSSR count). The fourth-order valence-electron chi connectivity index (χ4n) is 1.43. The normalized spacial score (nSPS) is 10.9. The number of nitriles is 1. The van der Waals surface area contributed by atoms with E-state index in [2.05, 4.69) is 5.32 Å². The van der Waals surface area contributed by atoms with E-state index < -0.39 is 5.91 Å². The molecule has 0 atom stereocenters. The molecule has 0 aliphatic carbocycles. The molecule has 0 fully saturated rings. The number of anilines is 1. The first-order valence-electron chi connectivity index (χ1n) is 5.52. The molecule has 1 amide bonds. The second-order valence-corrected chi connectivity index (χ2v) is 5.27. The summed E-state index contributed by atoms with van der Waals surface area (Å²) in [6.45, 7) is 0. The Labute approximate surface area is 134 Å². The highest BCUT2D eigenvalue weighted by atomic mass is 127. The number of rotatable bonds is 3. The molecule has 0 spiro atoms. The zero-order valence-electron chi connectivity index (χ0n) is 10.1. The highest BCUT2D eigenvalue weighted by Gasteiger charge is 2.10. The zero-order chi connectivity index (χ0) is 14.5. The molecule has 1 heterocycles. The molecule has 0 unspecified atom stereocenters. The molecule has 4 nitrogen and oxygen atoms in total. The molecule has 0 aliphatic rings. The maximum absolute atomic E-state index is 12.0. The minimum Gasteiger partial charge on any atom is -0.451 e. The fraction of sp³-hybridized carbons (Fsp3) is 0. The van der Waals surface area contributed by atoms with Crippen LogP contribution in [0.25, 0.3) is 6.08 Å². The van der Waals surface area contributed by atoms with Gasteiger partial charge < -0.3 is 9.73 Å². The molecule has 1 aromatic heterocycles. The molecular formula is C14H8ClIN2O2. The summed E-state index contributed by atoms with van der Waals surface area (Å²) in [6.07, 6.45) is 1.40. The number of carbonyl (C=O) groups is 1. The Morgan fingerprint density at radius 1 is 1.30 bits per heavy atom. The molecule has 0 saturated heterocycles. The second-order valence-electron chi connectivity index (χ2n) is 3.77. The molecule has 100 valence electrons. The van der Waals surface area contributed by atoms with Crippen LogP contribution in [-0.2, 0) is 4.79 Å². The number of nitrogens with zero attached hydrogens (tertiary/aromatic N) is 1. The van der Waals surface area contributed by atoms with Crippen molar-refractivity contribution in [1.82, 2.24) is 0 Å². The molecule has 20 heavy (non-hydrogen) atoms. The third-order valence-electron chi connectivity index (χ3n) is 2.35. The van der Waals surface area contributed by atoms with Crippen LogP contribution in [0, 0.1) is 15.1 Å². The van der Waals surface area contributed by atoms with Crippen LogP contribution in [0.4, 0.5) is 5.69 Å². The van der Waals surface area contributed by atoms with E-state index in [0.29, 0.717) is 20.2 Å². The number of hydrogen-bond donors (Lipinski definition) is 1. The maximum Gasteiger partial charge on any atom is 0.266 e. The predicted octanol–water partition coefficient (Wildman–Crippen LogP) is 4.08. The molecule has 6 heteroatoms. The van der Waals surface area contributed by atoms with Crippen molar-refractivity contribution in [3.05, 3.63) is 56.5 Å². The number of amides is 1. The number of furan rings is 1. The summed E-state index contributed by atoms with van der Waals surface area (Å²) in [6, 6.07) is 11.9. The van der Waals surface area contributed by atoms with Crippen molar-refractivity contribution < 1.29 is 9.21 Å². The Morgan fingerprint density at radius 2 is 2.00 bits per heavy atom. The van der Waals surface area contributed by atoms with Crippen LogP contribution in [0.3, 0.4) is 0 Å². The van der Waals surface area contributed by atoms with Gasteiger partial charge >= 0.3 is 0 Å². The molecule has 0 saturated carbocycles. The fourth-order valence-corrected chi connectivity index (χ4v) is 1.99. The minimum absolute atomic E-state index is 0.0364. The summed E-state index contributed by atoms with van der Waals surface area (Å²) in [5.41, 5.74) is 0.528. The third kappa shape index (κ3) is 3.85. The first kappa shape index (κ1) is 14.6. The third-order valence-corrected chi connectivity index (χ3v) is 3.18. The van der Waals surface area contributed by atoms with Gasteiger partial charge in [-0.3, -0.25) is 4.79 Å². The number of nitrogens with one attached hydrogen (secondary N) is 1. The lowest BCUT2D eigenvalue weighted by Crippen LogP contribution is -2.13. The van der Waals surface area contributed by atoms with Gasteiger partial charge in [-0.15, -0.1) is 0 Å². The van der Waals surface area contributed by atoms with Crippen molar-refractivity contribution in [1.29, 1.82) is 5.26 Å². The lowest BCUT2D eigenvalue weighted by molar-refractivity contribution is -0.112. The molecular weight excluding hydrogens is 391 g/mol. The maximum atomic E-state index is 12.0. The van der Waals surface area contributed by atoms with E-state index in [-0.39, 0.29) is 5.57 Å². The molecule has 0 radical (unpaired) electrons. The quantitative estimate of drug-likeness (QED) is 0.481. The topological polar surface area (TPSA) is 66.0 Å². The Bertz CT molecular complexity index is 699. The van der Waals surface area contributed by atoms with E-state index >= 15 is 0 Å². The van der Waals surface area contributed by atoms with Crippen molar-refractivity contribution >= 4 is 51.9 Å². The number of halogens is 2. The van der Waals surface area contributed by atoms with E-state index in [1.165, 1.54) is 6.08 Å². The SMILES string of the molecule is N#C/C(=C/c1ccc(I)o1)C(=O)Nc1ccc(Cl)cc1. The van der Waals surface area contributed by atoms with E-state index in [1.54, 1.807) is 36.4 Å². The minimum atomic E-state index is -0.499. The van der Waals surface area contributed by atoms with Gasteiger partial charge in [0.25, 0.3) is 5.91 Å². The largest absolute Gasteiger partial charge is 0.451 e. The number of carbonyl (C=O) groups excluding carboxylic acids is 1. The van der Waals surface area contributed by atoms with Gasteiger partial charge in [0.1, 0.15) is 17.4 Å². The number of hydrogen-bond acceptors (Lipinski definition) is 3. The Morgan fingerprint density at radius 3 is 2.55 bits per heavy atom. The summed E-state index contributed by atoms with van der Waals surface area (Å²) in [4.78, 5) is 12.0. The van der Waals surface area contributed by atoms with Gasteiger partial charge in [0.2, 0.25) is 0 Å².